The van der Waals surface area contributed by atoms with Crippen molar-refractivity contribution < 1.29 is 37.6 Å². The van der Waals surface area contributed by atoms with Crippen LogP contribution in [0.25, 0.3) is 0 Å². The fourth-order valence-corrected chi connectivity index (χ4v) is 6.12. The van der Waals surface area contributed by atoms with E-state index in [1.165, 1.54) is 83.5 Å². The molecule has 0 aromatic heterocycles. The molecule has 3 atom stereocenters. The van der Waals surface area contributed by atoms with Gasteiger partial charge in [-0.15, -0.1) is 0 Å². The van der Waals surface area contributed by atoms with Gasteiger partial charge in [-0.05, 0) is 51.9 Å². The molecule has 0 saturated heterocycles. The number of hydrogen-bond acceptors (Lipinski definition) is 8. The van der Waals surface area contributed by atoms with Crippen LogP contribution in [-0.4, -0.2) is 42.8 Å². The van der Waals surface area contributed by atoms with Gasteiger partial charge in [0.05, 0.1) is 19.1 Å². The Morgan fingerprint density at radius 3 is 1.71 bits per heavy atom. The average Bonchev–Trinajstić information content (AvgIpc) is 3.06. The fourth-order valence-electron chi connectivity index (χ4n) is 5.37. The van der Waals surface area contributed by atoms with E-state index in [0.29, 0.717) is 6.42 Å². The maximum absolute atomic E-state index is 12.6. The predicted octanol–water partition coefficient (Wildman–Crippen LogP) is 11.9. The van der Waals surface area contributed by atoms with Gasteiger partial charge in [0.1, 0.15) is 6.61 Å². The molecule has 0 bridgehead atoms. The van der Waals surface area contributed by atoms with E-state index >= 15 is 0 Å². The molecule has 0 aliphatic rings. The smallest absolute Gasteiger partial charge is 0.461 e. The molecule has 0 radical (unpaired) electrons. The Hall–Kier alpha value is -1.51. The average molecular weight is 718 g/mol. The molecule has 4 N–H and O–H groups in total. The first kappa shape index (κ1) is 49.6. The summed E-state index contributed by atoms with van der Waals surface area (Å²) in [5, 5.41) is 0. The van der Waals surface area contributed by atoms with Gasteiger partial charge in [0, 0.05) is 6.42 Å². The topological polar surface area (TPSA) is 143 Å². The lowest BCUT2D eigenvalue weighted by Gasteiger charge is -2.20. The van der Waals surface area contributed by atoms with Gasteiger partial charge in [-0.1, -0.05) is 148 Å². The van der Waals surface area contributed by atoms with Gasteiger partial charge < -0.3 is 20.5 Å². The van der Waals surface area contributed by atoms with Crippen LogP contribution in [-0.2, 0) is 32.7 Å². The van der Waals surface area contributed by atoms with Crippen molar-refractivity contribution in [2.75, 3.05) is 19.8 Å². The molecule has 0 aliphatic carbocycles. The maximum atomic E-state index is 12.6. The molecule has 9 nitrogen and oxygen atoms in total. The number of carbonyl (C=O) groups is 2. The Kier molecular flexibility index (Phi) is 36.7. The van der Waals surface area contributed by atoms with Crippen molar-refractivity contribution in [1.82, 2.24) is 6.15 Å². The van der Waals surface area contributed by atoms with Gasteiger partial charge in [-0.25, -0.2) is 4.57 Å². The molecule has 0 aromatic carbocycles. The monoisotopic (exact) mass is 718 g/mol. The largest absolute Gasteiger partial charge is 0.472 e. The summed E-state index contributed by atoms with van der Waals surface area (Å²) in [6.07, 6.45) is 34.7. The highest BCUT2D eigenvalue weighted by atomic mass is 31.2. The zero-order chi connectivity index (χ0) is 35.6. The molecule has 0 spiro atoms. The number of rotatable bonds is 35. The zero-order valence-corrected chi connectivity index (χ0v) is 32.9. The second kappa shape index (κ2) is 36.3. The van der Waals surface area contributed by atoms with E-state index in [9.17, 15) is 19.0 Å². The molecule has 0 amide bonds. The van der Waals surface area contributed by atoms with Gasteiger partial charge in [0.25, 0.3) is 0 Å². The molecule has 2 unspecified atom stereocenters. The second-order valence-electron chi connectivity index (χ2n) is 13.1. The summed E-state index contributed by atoms with van der Waals surface area (Å²) in [6.45, 7) is 7.25. The molecule has 10 heteroatoms. The minimum Gasteiger partial charge on any atom is -0.461 e. The van der Waals surface area contributed by atoms with E-state index < -0.39 is 26.5 Å². The van der Waals surface area contributed by atoms with Crippen LogP contribution in [0.15, 0.2) is 24.3 Å². The normalized spacial score (nSPS) is 14.1. The Balaban J connectivity index is 0. The van der Waals surface area contributed by atoms with E-state index in [1.54, 1.807) is 6.92 Å². The lowest BCUT2D eigenvalue weighted by molar-refractivity contribution is -0.163. The standard InChI is InChI=1S/C39H73O8P.H3N/c1-5-8-10-12-14-16-18-19-20-21-23-25-27-29-31-33-38(40)47-37(35-46-48(42,43)45-7-3)34-44-39(41)36(4)32-30-28-26-24-22-17-15-13-11-9-6-2;/h14,16,19-20,36-37H,5-13,15,17-18,21-35H2,1-4H3,(H,42,43);1H3/b16-14+,20-19+;/t36?,37-;/m1./s1. The summed E-state index contributed by atoms with van der Waals surface area (Å²) in [6, 6.07) is 0. The molecular weight excluding hydrogens is 641 g/mol. The van der Waals surface area contributed by atoms with E-state index in [-0.39, 0.29) is 37.7 Å². The van der Waals surface area contributed by atoms with Crippen molar-refractivity contribution in [2.24, 2.45) is 5.92 Å². The first-order valence-electron chi connectivity index (χ1n) is 19.5. The van der Waals surface area contributed by atoms with Crippen LogP contribution in [0.5, 0.6) is 0 Å². The third-order valence-electron chi connectivity index (χ3n) is 8.40. The summed E-state index contributed by atoms with van der Waals surface area (Å²) >= 11 is 0. The number of hydrogen-bond donors (Lipinski definition) is 2. The lowest BCUT2D eigenvalue weighted by Crippen LogP contribution is -2.30. The van der Waals surface area contributed by atoms with Crippen LogP contribution in [0.2, 0.25) is 0 Å². The lowest BCUT2D eigenvalue weighted by atomic mass is 10.0. The fraction of sp³-hybridized carbons (Fsp3) is 0.846. The van der Waals surface area contributed by atoms with Gasteiger partial charge >= 0.3 is 19.8 Å². The highest BCUT2D eigenvalue weighted by Gasteiger charge is 2.26. The maximum Gasteiger partial charge on any atom is 0.472 e. The number of esters is 2. The minimum atomic E-state index is -4.29. The third kappa shape index (κ3) is 34.7. The molecule has 0 saturated carbocycles. The first-order valence-corrected chi connectivity index (χ1v) is 21.0. The van der Waals surface area contributed by atoms with Crippen molar-refractivity contribution in [3.8, 4) is 0 Å². The van der Waals surface area contributed by atoms with Gasteiger partial charge in [-0.2, -0.15) is 0 Å². The van der Waals surface area contributed by atoms with E-state index in [2.05, 4.69) is 38.2 Å². The van der Waals surface area contributed by atoms with E-state index in [1.807, 2.05) is 6.92 Å². The van der Waals surface area contributed by atoms with Crippen LogP contribution in [0.1, 0.15) is 182 Å². The van der Waals surface area contributed by atoms with Crippen molar-refractivity contribution in [2.45, 2.75) is 188 Å². The summed E-state index contributed by atoms with van der Waals surface area (Å²) in [5.74, 6) is -1.08. The van der Waals surface area contributed by atoms with E-state index in [0.717, 1.165) is 57.8 Å². The first-order chi connectivity index (χ1) is 23.3. The summed E-state index contributed by atoms with van der Waals surface area (Å²) in [5.41, 5.74) is 0. The highest BCUT2D eigenvalue weighted by Crippen LogP contribution is 2.43. The Bertz CT molecular complexity index is 866. The molecule has 0 heterocycles. The summed E-state index contributed by atoms with van der Waals surface area (Å²) < 4.78 is 32.7. The highest BCUT2D eigenvalue weighted by molar-refractivity contribution is 7.47. The summed E-state index contributed by atoms with van der Waals surface area (Å²) in [4.78, 5) is 35.0. The number of phosphoric ester groups is 1. The minimum absolute atomic E-state index is 0. The van der Waals surface area contributed by atoms with Crippen molar-refractivity contribution in [1.29, 1.82) is 0 Å². The molecular formula is C39H76NO8P. The number of ether oxygens (including phenoxy) is 2. The Labute approximate surface area is 300 Å². The van der Waals surface area contributed by atoms with Crippen LogP contribution >= 0.6 is 7.82 Å². The number of allylic oxidation sites excluding steroid dienone is 4. The summed E-state index contributed by atoms with van der Waals surface area (Å²) in [7, 11) is -4.29. The Morgan fingerprint density at radius 2 is 1.14 bits per heavy atom. The predicted molar refractivity (Wildman–Crippen MR) is 203 cm³/mol. The number of phosphoric acid groups is 1. The van der Waals surface area contributed by atoms with Crippen molar-refractivity contribution >= 4 is 19.8 Å². The second-order valence-corrected chi connectivity index (χ2v) is 14.6. The van der Waals surface area contributed by atoms with Crippen molar-refractivity contribution in [3.05, 3.63) is 24.3 Å². The van der Waals surface area contributed by atoms with Crippen molar-refractivity contribution in [3.63, 3.8) is 0 Å². The third-order valence-corrected chi connectivity index (χ3v) is 9.46. The number of carbonyl (C=O) groups excluding carboxylic acids is 2. The molecule has 290 valence electrons. The van der Waals surface area contributed by atoms with Gasteiger partial charge in [0.2, 0.25) is 0 Å². The number of unbranched alkanes of at least 4 members (excludes halogenated alkanes) is 18. The van der Waals surface area contributed by atoms with Crippen LogP contribution in [0, 0.1) is 5.92 Å². The van der Waals surface area contributed by atoms with E-state index in [4.69, 9.17) is 18.5 Å². The molecule has 0 fully saturated rings. The van der Waals surface area contributed by atoms with Gasteiger partial charge in [-0.3, -0.25) is 18.6 Å². The quantitative estimate of drug-likeness (QED) is 0.0283. The Morgan fingerprint density at radius 1 is 0.653 bits per heavy atom. The van der Waals surface area contributed by atoms with Crippen LogP contribution in [0.3, 0.4) is 0 Å². The SMILES string of the molecule is CCCCC/C=C/C/C=C/CCCCCCCC(=O)O[C@H](COC(=O)C(C)CCCCCCCCCCCCC)COP(=O)(O)OCC.N. The molecule has 0 aliphatic heterocycles. The molecule has 0 rings (SSSR count). The molecule has 49 heavy (non-hydrogen) atoms. The molecule has 0 aromatic rings. The van der Waals surface area contributed by atoms with Crippen LogP contribution < -0.4 is 6.15 Å². The van der Waals surface area contributed by atoms with Gasteiger partial charge in [0.15, 0.2) is 6.10 Å². The zero-order valence-electron chi connectivity index (χ0n) is 32.0. The van der Waals surface area contributed by atoms with Crippen LogP contribution in [0.4, 0.5) is 0 Å².